The van der Waals surface area contributed by atoms with Gasteiger partial charge in [0.1, 0.15) is 24.2 Å². The average molecular weight is 537 g/mol. The predicted octanol–water partition coefficient (Wildman–Crippen LogP) is -0.984. The number of thiol groups is 1. The summed E-state index contributed by atoms with van der Waals surface area (Å²) in [5, 5.41) is 27.5. The van der Waals surface area contributed by atoms with Gasteiger partial charge in [0.05, 0.1) is 6.10 Å². The van der Waals surface area contributed by atoms with Gasteiger partial charge in [-0.25, -0.2) is 4.79 Å². The van der Waals surface area contributed by atoms with Gasteiger partial charge in [0, 0.05) is 29.3 Å². The largest absolute Gasteiger partial charge is 0.480 e. The van der Waals surface area contributed by atoms with E-state index in [9.17, 15) is 29.4 Å². The smallest absolute Gasteiger partial charge is 0.326 e. The van der Waals surface area contributed by atoms with Crippen LogP contribution in [0.25, 0.3) is 10.9 Å². The number of para-hydroxylation sites is 1. The maximum absolute atomic E-state index is 13.2. The molecule has 0 saturated heterocycles. The second-order valence-corrected chi connectivity index (χ2v) is 9.18. The van der Waals surface area contributed by atoms with Crippen molar-refractivity contribution in [1.29, 1.82) is 0 Å². The molecule has 1 aromatic heterocycles. The van der Waals surface area contributed by atoms with Crippen molar-refractivity contribution in [2.45, 2.75) is 62.9 Å². The van der Waals surface area contributed by atoms with Crippen LogP contribution in [0.5, 0.6) is 0 Å². The lowest BCUT2D eigenvalue weighted by molar-refractivity contribution is -0.142. The Balaban J connectivity index is 2.25. The molecule has 0 saturated carbocycles. The number of carbonyl (C=O) groups excluding carboxylic acids is 3. The van der Waals surface area contributed by atoms with E-state index in [0.717, 1.165) is 16.5 Å². The number of rotatable bonds is 15. The number of aliphatic carboxylic acids is 1. The van der Waals surface area contributed by atoms with Crippen LogP contribution in [0.4, 0.5) is 0 Å². The molecule has 2 aromatic rings. The molecule has 5 unspecified atom stereocenters. The number of amides is 3. The number of aliphatic hydroxyl groups excluding tert-OH is 1. The zero-order chi connectivity index (χ0) is 27.5. The Labute approximate surface area is 220 Å². The van der Waals surface area contributed by atoms with E-state index < -0.39 is 54.0 Å². The van der Waals surface area contributed by atoms with Crippen molar-refractivity contribution in [3.8, 4) is 0 Å². The van der Waals surface area contributed by atoms with Gasteiger partial charge < -0.3 is 42.6 Å². The minimum atomic E-state index is -1.26. The van der Waals surface area contributed by atoms with Crippen LogP contribution >= 0.6 is 12.6 Å². The third kappa shape index (κ3) is 8.74. The van der Waals surface area contributed by atoms with Crippen LogP contribution in [-0.4, -0.2) is 81.5 Å². The molecule has 204 valence electrons. The van der Waals surface area contributed by atoms with Crippen LogP contribution < -0.4 is 27.4 Å². The Morgan fingerprint density at radius 3 is 2.24 bits per heavy atom. The second kappa shape index (κ2) is 14.6. The van der Waals surface area contributed by atoms with Crippen LogP contribution in [0.15, 0.2) is 30.5 Å². The second-order valence-electron chi connectivity index (χ2n) is 8.82. The summed E-state index contributed by atoms with van der Waals surface area (Å²) in [4.78, 5) is 53.4. The maximum atomic E-state index is 13.2. The predicted molar refractivity (Wildman–Crippen MR) is 142 cm³/mol. The monoisotopic (exact) mass is 536 g/mol. The SMILES string of the molecule is CC(O)C(N)C(=O)NC(CS)C(=O)NC(Cc1c[nH]c2ccccc12)C(=O)NC(CCCCN)C(=O)O. The van der Waals surface area contributed by atoms with E-state index in [-0.39, 0.29) is 18.6 Å². The number of H-pyrrole nitrogens is 1. The molecule has 2 rings (SSSR count). The third-order valence-electron chi connectivity index (χ3n) is 5.93. The lowest BCUT2D eigenvalue weighted by atomic mass is 10.0. The Bertz CT molecular complexity index is 1080. The molecule has 0 aliphatic rings. The van der Waals surface area contributed by atoms with E-state index in [1.807, 2.05) is 24.3 Å². The lowest BCUT2D eigenvalue weighted by Gasteiger charge is -2.25. The molecule has 1 aromatic carbocycles. The number of carboxylic acid groups (broad SMARTS) is 1. The molecule has 0 fully saturated rings. The Kier molecular flexibility index (Phi) is 11.9. The molecule has 12 nitrogen and oxygen atoms in total. The molecule has 0 radical (unpaired) electrons. The van der Waals surface area contributed by atoms with Crippen molar-refractivity contribution in [3.63, 3.8) is 0 Å². The molecule has 0 aliphatic heterocycles. The van der Waals surface area contributed by atoms with E-state index in [1.54, 1.807) is 6.20 Å². The summed E-state index contributed by atoms with van der Waals surface area (Å²) in [6.07, 6.45) is 1.91. The number of nitrogens with two attached hydrogens (primary N) is 2. The minimum Gasteiger partial charge on any atom is -0.480 e. The lowest BCUT2D eigenvalue weighted by Crippen LogP contribution is -2.59. The third-order valence-corrected chi connectivity index (χ3v) is 6.30. The first kappa shape index (κ1) is 30.1. The summed E-state index contributed by atoms with van der Waals surface area (Å²) in [6.45, 7) is 1.74. The number of aliphatic hydroxyl groups is 1. The van der Waals surface area contributed by atoms with Gasteiger partial charge in [-0.05, 0) is 44.4 Å². The zero-order valence-corrected chi connectivity index (χ0v) is 21.5. The number of carbonyl (C=O) groups is 4. The summed E-state index contributed by atoms with van der Waals surface area (Å²) in [5.41, 5.74) is 12.7. The van der Waals surface area contributed by atoms with E-state index in [2.05, 4.69) is 33.6 Å². The first-order valence-electron chi connectivity index (χ1n) is 12.0. The van der Waals surface area contributed by atoms with Gasteiger partial charge in [0.2, 0.25) is 17.7 Å². The quantitative estimate of drug-likeness (QED) is 0.102. The normalized spacial score (nSPS) is 15.3. The maximum Gasteiger partial charge on any atom is 0.326 e. The van der Waals surface area contributed by atoms with Gasteiger partial charge >= 0.3 is 5.97 Å². The number of carboxylic acids is 1. The van der Waals surface area contributed by atoms with Crippen LogP contribution in [0.1, 0.15) is 31.7 Å². The van der Waals surface area contributed by atoms with Gasteiger partial charge in [-0.2, -0.15) is 12.6 Å². The van der Waals surface area contributed by atoms with Crippen molar-refractivity contribution in [3.05, 3.63) is 36.0 Å². The highest BCUT2D eigenvalue weighted by Gasteiger charge is 2.31. The van der Waals surface area contributed by atoms with E-state index in [4.69, 9.17) is 11.5 Å². The van der Waals surface area contributed by atoms with Crippen LogP contribution in [0.2, 0.25) is 0 Å². The fourth-order valence-electron chi connectivity index (χ4n) is 3.71. The zero-order valence-electron chi connectivity index (χ0n) is 20.6. The fraction of sp³-hybridized carbons (Fsp3) is 0.500. The fourth-order valence-corrected chi connectivity index (χ4v) is 3.96. The number of fused-ring (bicyclic) bond motifs is 1. The molecule has 3 amide bonds. The Hall–Kier alpha value is -3.13. The number of hydrogen-bond acceptors (Lipinski definition) is 8. The van der Waals surface area contributed by atoms with Crippen LogP contribution in [0, 0.1) is 0 Å². The topological polar surface area (TPSA) is 213 Å². The average Bonchev–Trinajstić information content (AvgIpc) is 3.28. The van der Waals surface area contributed by atoms with E-state index in [0.29, 0.717) is 19.4 Å². The molecule has 0 spiro atoms. The molecule has 0 aliphatic carbocycles. The number of unbranched alkanes of at least 4 members (excludes halogenated alkanes) is 1. The highest BCUT2D eigenvalue weighted by molar-refractivity contribution is 7.80. The summed E-state index contributed by atoms with van der Waals surface area (Å²) in [6, 6.07) is 2.68. The molecule has 5 atom stereocenters. The molecule has 10 N–H and O–H groups in total. The van der Waals surface area contributed by atoms with Gasteiger partial charge in [0.25, 0.3) is 0 Å². The first-order valence-corrected chi connectivity index (χ1v) is 12.7. The summed E-state index contributed by atoms with van der Waals surface area (Å²) >= 11 is 4.12. The molecule has 13 heteroatoms. The number of hydrogen-bond donors (Lipinski definition) is 9. The molecule has 37 heavy (non-hydrogen) atoms. The van der Waals surface area contributed by atoms with Crippen molar-refractivity contribution in [2.75, 3.05) is 12.3 Å². The van der Waals surface area contributed by atoms with E-state index in [1.165, 1.54) is 6.92 Å². The highest BCUT2D eigenvalue weighted by atomic mass is 32.1. The van der Waals surface area contributed by atoms with Crippen LogP contribution in [-0.2, 0) is 25.6 Å². The first-order chi connectivity index (χ1) is 17.6. The molecule has 1 heterocycles. The standard InChI is InChI=1S/C24H36N6O6S/c1-13(31)20(26)23(34)30-19(12-37)22(33)29-18(10-14-11-27-16-7-3-2-6-15(14)16)21(32)28-17(24(35)36)8-4-5-9-25/h2-3,6-7,11,13,17-20,27,31,37H,4-5,8-10,12,25-26H2,1H3,(H,28,32)(H,29,33)(H,30,34)(H,35,36). The van der Waals surface area contributed by atoms with Gasteiger partial charge in [-0.3, -0.25) is 14.4 Å². The van der Waals surface area contributed by atoms with Gasteiger partial charge in [-0.1, -0.05) is 18.2 Å². The van der Waals surface area contributed by atoms with Gasteiger partial charge in [-0.15, -0.1) is 0 Å². The summed E-state index contributed by atoms with van der Waals surface area (Å²) in [7, 11) is 0. The molecular weight excluding hydrogens is 500 g/mol. The van der Waals surface area contributed by atoms with Crippen molar-refractivity contribution < 1.29 is 29.4 Å². The number of nitrogens with one attached hydrogen (secondary N) is 4. The molecular formula is C24H36N6O6S. The van der Waals surface area contributed by atoms with Crippen LogP contribution in [0.3, 0.4) is 0 Å². The Morgan fingerprint density at radius 1 is 1.00 bits per heavy atom. The van der Waals surface area contributed by atoms with E-state index >= 15 is 0 Å². The van der Waals surface area contributed by atoms with Crippen molar-refractivity contribution in [2.24, 2.45) is 11.5 Å². The van der Waals surface area contributed by atoms with Crippen molar-refractivity contribution in [1.82, 2.24) is 20.9 Å². The number of aromatic nitrogens is 1. The number of aromatic amines is 1. The highest BCUT2D eigenvalue weighted by Crippen LogP contribution is 2.19. The Morgan fingerprint density at radius 2 is 1.62 bits per heavy atom. The summed E-state index contributed by atoms with van der Waals surface area (Å²) in [5.74, 6) is -3.47. The van der Waals surface area contributed by atoms with Crippen molar-refractivity contribution >= 4 is 47.2 Å². The van der Waals surface area contributed by atoms with Gasteiger partial charge in [0.15, 0.2) is 0 Å². The summed E-state index contributed by atoms with van der Waals surface area (Å²) < 4.78 is 0. The number of benzene rings is 1. The minimum absolute atomic E-state index is 0.0527. The molecule has 0 bridgehead atoms.